The molecule has 2 nitrogen and oxygen atoms in total. The Hall–Kier alpha value is -1.38. The average Bonchev–Trinajstić information content (AvgIpc) is 2.42. The van der Waals surface area contributed by atoms with Gasteiger partial charge in [0.1, 0.15) is 11.6 Å². The first kappa shape index (κ1) is 15.7. The Labute approximate surface area is 115 Å². The van der Waals surface area contributed by atoms with Gasteiger partial charge in [-0.15, -0.1) is 0 Å². The summed E-state index contributed by atoms with van der Waals surface area (Å²) in [6, 6.07) is 4.39. The summed E-state index contributed by atoms with van der Waals surface area (Å²) in [7, 11) is 1.48. The maximum Gasteiger partial charge on any atom is 0.165 e. The SMILES string of the molecule is CCCCCCCCC(=O)c1ccc(OC)cc1F. The number of hydrogen-bond donors (Lipinski definition) is 0. The number of ketones is 1. The van der Waals surface area contributed by atoms with Crippen molar-refractivity contribution in [2.75, 3.05) is 7.11 Å². The van der Waals surface area contributed by atoms with Crippen molar-refractivity contribution in [3.05, 3.63) is 29.6 Å². The molecule has 0 atom stereocenters. The van der Waals surface area contributed by atoms with Crippen LogP contribution in [0.4, 0.5) is 4.39 Å². The minimum Gasteiger partial charge on any atom is -0.497 e. The third-order valence-electron chi connectivity index (χ3n) is 3.23. The highest BCUT2D eigenvalue weighted by Crippen LogP contribution is 2.18. The van der Waals surface area contributed by atoms with E-state index in [0.29, 0.717) is 12.2 Å². The first-order valence-corrected chi connectivity index (χ1v) is 7.05. The van der Waals surface area contributed by atoms with Gasteiger partial charge < -0.3 is 4.74 Å². The summed E-state index contributed by atoms with van der Waals surface area (Å²) in [5.74, 6) is -0.167. The van der Waals surface area contributed by atoms with Gasteiger partial charge in [0.15, 0.2) is 5.78 Å². The molecule has 106 valence electrons. The number of ether oxygens (including phenoxy) is 1. The molecule has 0 amide bonds. The van der Waals surface area contributed by atoms with Gasteiger partial charge in [0, 0.05) is 12.5 Å². The molecule has 1 rings (SSSR count). The molecule has 0 saturated heterocycles. The van der Waals surface area contributed by atoms with E-state index in [2.05, 4.69) is 6.92 Å². The zero-order chi connectivity index (χ0) is 14.1. The lowest BCUT2D eigenvalue weighted by Crippen LogP contribution is -2.02. The van der Waals surface area contributed by atoms with Gasteiger partial charge in [-0.25, -0.2) is 4.39 Å². The van der Waals surface area contributed by atoms with Gasteiger partial charge in [-0.1, -0.05) is 39.0 Å². The first-order chi connectivity index (χ1) is 9.19. The van der Waals surface area contributed by atoms with Gasteiger partial charge in [-0.3, -0.25) is 4.79 Å². The van der Waals surface area contributed by atoms with Crippen molar-refractivity contribution in [2.24, 2.45) is 0 Å². The monoisotopic (exact) mass is 266 g/mol. The first-order valence-electron chi connectivity index (χ1n) is 7.05. The summed E-state index contributed by atoms with van der Waals surface area (Å²) in [5.41, 5.74) is 0.175. The second kappa shape index (κ2) is 8.68. The lowest BCUT2D eigenvalue weighted by molar-refractivity contribution is 0.0975. The van der Waals surface area contributed by atoms with E-state index < -0.39 is 5.82 Å². The molecule has 0 aliphatic rings. The van der Waals surface area contributed by atoms with Crippen LogP contribution in [0.5, 0.6) is 5.75 Å². The van der Waals surface area contributed by atoms with Crippen molar-refractivity contribution in [1.29, 1.82) is 0 Å². The molecule has 0 aliphatic heterocycles. The summed E-state index contributed by atoms with van der Waals surface area (Å²) >= 11 is 0. The quantitative estimate of drug-likeness (QED) is 0.475. The number of methoxy groups -OCH3 is 1. The van der Waals surface area contributed by atoms with E-state index >= 15 is 0 Å². The van der Waals surface area contributed by atoms with Crippen LogP contribution in [0.2, 0.25) is 0 Å². The van der Waals surface area contributed by atoms with Crippen LogP contribution < -0.4 is 4.74 Å². The zero-order valence-corrected chi connectivity index (χ0v) is 11.9. The van der Waals surface area contributed by atoms with Gasteiger partial charge in [0.2, 0.25) is 0 Å². The molecule has 1 aromatic carbocycles. The molecule has 0 saturated carbocycles. The standard InChI is InChI=1S/C16H23FO2/c1-3-4-5-6-7-8-9-16(18)14-11-10-13(19-2)12-15(14)17/h10-12H,3-9H2,1-2H3. The molecule has 19 heavy (non-hydrogen) atoms. The van der Waals surface area contributed by atoms with Crippen molar-refractivity contribution in [3.63, 3.8) is 0 Å². The molecule has 1 aromatic rings. The summed E-state index contributed by atoms with van der Waals surface area (Å²) in [5, 5.41) is 0. The number of hydrogen-bond acceptors (Lipinski definition) is 2. The third-order valence-corrected chi connectivity index (χ3v) is 3.23. The minimum atomic E-state index is -0.490. The minimum absolute atomic E-state index is 0.115. The summed E-state index contributed by atoms with van der Waals surface area (Å²) in [6.45, 7) is 2.18. The van der Waals surface area contributed by atoms with Gasteiger partial charge in [0.05, 0.1) is 12.7 Å². The Morgan fingerprint density at radius 1 is 1.16 bits per heavy atom. The Balaban J connectivity index is 2.37. The molecular formula is C16H23FO2. The number of unbranched alkanes of at least 4 members (excludes halogenated alkanes) is 5. The molecule has 0 radical (unpaired) electrons. The van der Waals surface area contributed by atoms with E-state index in [-0.39, 0.29) is 11.3 Å². The molecular weight excluding hydrogens is 243 g/mol. The van der Waals surface area contributed by atoms with Gasteiger partial charge in [-0.05, 0) is 18.6 Å². The van der Waals surface area contributed by atoms with Gasteiger partial charge >= 0.3 is 0 Å². The molecule has 0 fully saturated rings. The summed E-state index contributed by atoms with van der Waals surface area (Å²) in [6.07, 6.45) is 7.16. The number of halogens is 1. The zero-order valence-electron chi connectivity index (χ0n) is 11.9. The number of benzene rings is 1. The lowest BCUT2D eigenvalue weighted by Gasteiger charge is -2.05. The fourth-order valence-electron chi connectivity index (χ4n) is 2.05. The van der Waals surface area contributed by atoms with Crippen LogP contribution in [0.3, 0.4) is 0 Å². The predicted molar refractivity (Wildman–Crippen MR) is 75.3 cm³/mol. The van der Waals surface area contributed by atoms with E-state index in [1.165, 1.54) is 38.5 Å². The van der Waals surface area contributed by atoms with Crippen molar-refractivity contribution in [3.8, 4) is 5.75 Å². The highest BCUT2D eigenvalue weighted by Gasteiger charge is 2.12. The highest BCUT2D eigenvalue weighted by molar-refractivity contribution is 5.96. The highest BCUT2D eigenvalue weighted by atomic mass is 19.1. The van der Waals surface area contributed by atoms with Crippen LogP contribution in [0.15, 0.2) is 18.2 Å². The number of Topliss-reactive ketones (excluding diaryl/α,β-unsaturated/α-hetero) is 1. The fraction of sp³-hybridized carbons (Fsp3) is 0.562. The molecule has 0 unspecified atom stereocenters. The van der Waals surface area contributed by atoms with Crippen LogP contribution >= 0.6 is 0 Å². The second-order valence-corrected chi connectivity index (χ2v) is 4.79. The maximum absolute atomic E-state index is 13.7. The summed E-state index contributed by atoms with van der Waals surface area (Å²) < 4.78 is 18.6. The van der Waals surface area contributed by atoms with Crippen LogP contribution in [0, 0.1) is 5.82 Å². The number of rotatable bonds is 9. The Morgan fingerprint density at radius 3 is 2.47 bits per heavy atom. The summed E-state index contributed by atoms with van der Waals surface area (Å²) in [4.78, 5) is 11.9. The molecule has 3 heteroatoms. The second-order valence-electron chi connectivity index (χ2n) is 4.79. The number of carbonyl (C=O) groups excluding carboxylic acids is 1. The van der Waals surface area contributed by atoms with Crippen molar-refractivity contribution >= 4 is 5.78 Å². The molecule has 0 aliphatic carbocycles. The maximum atomic E-state index is 13.7. The third kappa shape index (κ3) is 5.41. The van der Waals surface area contributed by atoms with Crippen LogP contribution in [0.1, 0.15) is 62.2 Å². The van der Waals surface area contributed by atoms with E-state index in [9.17, 15) is 9.18 Å². The predicted octanol–water partition coefficient (Wildman–Crippen LogP) is 4.77. The largest absolute Gasteiger partial charge is 0.497 e. The molecule has 0 spiro atoms. The van der Waals surface area contributed by atoms with Crippen LogP contribution in [0.25, 0.3) is 0 Å². The van der Waals surface area contributed by atoms with Crippen molar-refractivity contribution in [2.45, 2.75) is 51.9 Å². The van der Waals surface area contributed by atoms with Crippen molar-refractivity contribution < 1.29 is 13.9 Å². The molecule has 0 aromatic heterocycles. The van der Waals surface area contributed by atoms with E-state index in [1.807, 2.05) is 0 Å². The van der Waals surface area contributed by atoms with Gasteiger partial charge in [-0.2, -0.15) is 0 Å². The number of carbonyl (C=O) groups is 1. The van der Waals surface area contributed by atoms with E-state index in [0.717, 1.165) is 19.3 Å². The smallest absolute Gasteiger partial charge is 0.165 e. The average molecular weight is 266 g/mol. The molecule has 0 N–H and O–H groups in total. The normalized spacial score (nSPS) is 10.5. The molecule has 0 bridgehead atoms. The lowest BCUT2D eigenvalue weighted by atomic mass is 10.0. The Morgan fingerprint density at radius 2 is 1.84 bits per heavy atom. The van der Waals surface area contributed by atoms with Crippen LogP contribution in [-0.2, 0) is 0 Å². The Kier molecular flexibility index (Phi) is 7.16. The fourth-order valence-corrected chi connectivity index (χ4v) is 2.05. The van der Waals surface area contributed by atoms with E-state index in [1.54, 1.807) is 6.07 Å². The van der Waals surface area contributed by atoms with E-state index in [4.69, 9.17) is 4.74 Å². The van der Waals surface area contributed by atoms with Crippen molar-refractivity contribution in [1.82, 2.24) is 0 Å². The Bertz CT molecular complexity index is 402. The van der Waals surface area contributed by atoms with Gasteiger partial charge in [0.25, 0.3) is 0 Å². The van der Waals surface area contributed by atoms with Crippen LogP contribution in [-0.4, -0.2) is 12.9 Å². The molecule has 0 heterocycles. The topological polar surface area (TPSA) is 26.3 Å².